The van der Waals surface area contributed by atoms with Crippen LogP contribution < -0.4 is 19.7 Å². The number of nitrogens with one attached hydrogen (secondary N) is 2. The van der Waals surface area contributed by atoms with Gasteiger partial charge in [-0.05, 0) is 69.8 Å². The molecule has 1 aliphatic carbocycles. The van der Waals surface area contributed by atoms with Crippen molar-refractivity contribution in [1.82, 2.24) is 28.9 Å². The van der Waals surface area contributed by atoms with E-state index in [4.69, 9.17) is 4.74 Å². The number of anilines is 3. The summed E-state index contributed by atoms with van der Waals surface area (Å²) in [5.41, 5.74) is 0.993. The zero-order chi connectivity index (χ0) is 34.9. The van der Waals surface area contributed by atoms with E-state index in [1.807, 2.05) is 0 Å². The van der Waals surface area contributed by atoms with Crippen LogP contribution in [0.2, 0.25) is 0 Å². The van der Waals surface area contributed by atoms with Crippen molar-refractivity contribution in [3.63, 3.8) is 0 Å². The van der Waals surface area contributed by atoms with Crippen LogP contribution in [0.25, 0.3) is 0 Å². The van der Waals surface area contributed by atoms with Gasteiger partial charge in [0.15, 0.2) is 6.61 Å². The maximum atomic E-state index is 13.2. The Kier molecular flexibility index (Phi) is 9.87. The van der Waals surface area contributed by atoms with Gasteiger partial charge in [-0.1, -0.05) is 18.2 Å². The van der Waals surface area contributed by atoms with E-state index in [0.717, 1.165) is 0 Å². The molecule has 1 aromatic heterocycles. The molecule has 48 heavy (non-hydrogen) atoms. The van der Waals surface area contributed by atoms with Gasteiger partial charge in [-0.25, -0.2) is 21.6 Å². The Hall–Kier alpha value is -4.07. The molecule has 1 saturated carbocycles. The van der Waals surface area contributed by atoms with Crippen LogP contribution >= 0.6 is 0 Å². The third kappa shape index (κ3) is 8.13. The number of piperazine rings is 1. The number of ether oxygens (including phenoxy) is 1. The summed E-state index contributed by atoms with van der Waals surface area (Å²) in [6, 6.07) is 11.6. The van der Waals surface area contributed by atoms with Crippen LogP contribution in [0.3, 0.4) is 0 Å². The third-order valence-corrected chi connectivity index (χ3v) is 12.0. The summed E-state index contributed by atoms with van der Waals surface area (Å²) in [4.78, 5) is 28.6. The van der Waals surface area contributed by atoms with Gasteiger partial charge >= 0.3 is 12.2 Å². The van der Waals surface area contributed by atoms with Gasteiger partial charge in [-0.15, -0.1) is 0 Å². The smallest absolute Gasteiger partial charge is 0.422 e. The monoisotopic (exact) mass is 712 g/mol. The molecular weight excluding hydrogens is 677 g/mol. The molecule has 14 nitrogen and oxygen atoms in total. The predicted molar refractivity (Wildman–Crippen MR) is 170 cm³/mol. The first-order chi connectivity index (χ1) is 22.5. The number of rotatable bonds is 12. The molecule has 2 fully saturated rings. The molecule has 2 aliphatic rings. The van der Waals surface area contributed by atoms with Crippen LogP contribution in [0.1, 0.15) is 28.8 Å². The predicted octanol–water partition coefficient (Wildman–Crippen LogP) is 2.53. The molecular formula is C29H35F3N8O6S2. The standard InChI is InChI=1S/C29H35F3N8O6S2/c1-20-6-4-5-7-23(20)47(42,43)40-16-14-39(15-17-40)26-34-25(35-27(36-26)46-19-29(30,31)32)33-22-10-8-21(9-11-22)24(41)37-48(44,45)28(12-13-28)18-38(2)3/h4-11H,12-19H2,1-3H3,(H,37,41)(H,33,34,35,36). The first-order valence-electron chi connectivity index (χ1n) is 14.8. The summed E-state index contributed by atoms with van der Waals surface area (Å²) in [6.45, 7) is 0.739. The Labute approximate surface area is 276 Å². The van der Waals surface area contributed by atoms with Gasteiger partial charge in [0, 0.05) is 44.0 Å². The van der Waals surface area contributed by atoms with Crippen LogP contribution in [0.5, 0.6) is 6.01 Å². The Balaban J connectivity index is 1.30. The summed E-state index contributed by atoms with van der Waals surface area (Å²) in [7, 11) is -4.21. The lowest BCUT2D eigenvalue weighted by Gasteiger charge is -2.34. The summed E-state index contributed by atoms with van der Waals surface area (Å²) in [5.74, 6) is -1.02. The Bertz CT molecular complexity index is 1860. The quantitative estimate of drug-likeness (QED) is 0.282. The van der Waals surface area contributed by atoms with E-state index in [0.29, 0.717) is 24.1 Å². The van der Waals surface area contributed by atoms with Crippen molar-refractivity contribution in [2.24, 2.45) is 0 Å². The van der Waals surface area contributed by atoms with Crippen LogP contribution in [-0.2, 0) is 20.0 Å². The molecule has 0 atom stereocenters. The zero-order valence-electron chi connectivity index (χ0n) is 26.4. The molecule has 1 amide bonds. The molecule has 3 aromatic rings. The fourth-order valence-corrected chi connectivity index (χ4v) is 8.51. The maximum Gasteiger partial charge on any atom is 0.422 e. The second-order valence-electron chi connectivity index (χ2n) is 11.9. The molecule has 0 bridgehead atoms. The molecule has 0 radical (unpaired) electrons. The zero-order valence-corrected chi connectivity index (χ0v) is 28.0. The van der Waals surface area contributed by atoms with E-state index in [-0.39, 0.29) is 55.1 Å². The highest BCUT2D eigenvalue weighted by molar-refractivity contribution is 7.91. The lowest BCUT2D eigenvalue weighted by atomic mass is 10.2. The first kappa shape index (κ1) is 35.2. The van der Waals surface area contributed by atoms with Gasteiger partial charge in [0.2, 0.25) is 31.9 Å². The van der Waals surface area contributed by atoms with Gasteiger partial charge in [-0.3, -0.25) is 4.79 Å². The largest absolute Gasteiger partial charge is 0.454 e. The molecule has 2 N–H and O–H groups in total. The Morgan fingerprint density at radius 2 is 1.60 bits per heavy atom. The van der Waals surface area contributed by atoms with E-state index in [1.165, 1.54) is 34.6 Å². The van der Waals surface area contributed by atoms with Gasteiger partial charge in [0.25, 0.3) is 5.91 Å². The fourth-order valence-electron chi connectivity index (χ4n) is 5.22. The highest BCUT2D eigenvalue weighted by Crippen LogP contribution is 2.43. The Morgan fingerprint density at radius 1 is 0.958 bits per heavy atom. The number of benzene rings is 2. The van der Waals surface area contributed by atoms with Crippen molar-refractivity contribution >= 4 is 43.5 Å². The van der Waals surface area contributed by atoms with Crippen molar-refractivity contribution < 1.29 is 39.5 Å². The van der Waals surface area contributed by atoms with E-state index >= 15 is 0 Å². The van der Waals surface area contributed by atoms with Crippen molar-refractivity contribution in [3.8, 4) is 6.01 Å². The summed E-state index contributed by atoms with van der Waals surface area (Å²) in [6.07, 6.45) is -3.77. The van der Waals surface area contributed by atoms with Crippen molar-refractivity contribution in [2.45, 2.75) is 35.6 Å². The summed E-state index contributed by atoms with van der Waals surface area (Å²) < 4.78 is 98.3. The molecule has 2 aromatic carbocycles. The minimum Gasteiger partial charge on any atom is -0.454 e. The topological polar surface area (TPSA) is 167 Å². The average Bonchev–Trinajstić information content (AvgIpc) is 3.81. The number of carbonyl (C=O) groups excluding carboxylic acids is 1. The number of hydrogen-bond donors (Lipinski definition) is 2. The maximum absolute atomic E-state index is 13.2. The highest BCUT2D eigenvalue weighted by atomic mass is 32.2. The van der Waals surface area contributed by atoms with Crippen molar-refractivity contribution in [2.75, 3.05) is 63.6 Å². The number of hydrogen-bond acceptors (Lipinski definition) is 12. The molecule has 2 heterocycles. The van der Waals surface area contributed by atoms with Gasteiger partial charge < -0.3 is 19.9 Å². The first-order valence-corrected chi connectivity index (χ1v) is 17.8. The van der Waals surface area contributed by atoms with Gasteiger partial charge in [0.1, 0.15) is 4.75 Å². The second-order valence-corrected chi connectivity index (χ2v) is 15.8. The molecule has 260 valence electrons. The minimum absolute atomic E-state index is 0.0365. The normalized spacial score (nSPS) is 16.9. The fraction of sp³-hybridized carbons (Fsp3) is 0.448. The van der Waals surface area contributed by atoms with E-state index in [2.05, 4.69) is 25.0 Å². The minimum atomic E-state index is -4.66. The lowest BCUT2D eigenvalue weighted by molar-refractivity contribution is -0.154. The Morgan fingerprint density at radius 3 is 2.19 bits per heavy atom. The number of carbonyl (C=O) groups is 1. The van der Waals surface area contributed by atoms with Crippen LogP contribution in [-0.4, -0.2) is 111 Å². The SMILES string of the molecule is Cc1ccccc1S(=O)(=O)N1CCN(c2nc(Nc3ccc(C(=O)NS(=O)(=O)C4(CN(C)C)CC4)cc3)nc(OCC(F)(F)F)n2)CC1. The van der Waals surface area contributed by atoms with Gasteiger partial charge in [0.05, 0.1) is 4.90 Å². The number of aromatic nitrogens is 3. The molecule has 5 rings (SSSR count). The average molecular weight is 713 g/mol. The van der Waals surface area contributed by atoms with Crippen molar-refractivity contribution in [3.05, 3.63) is 59.7 Å². The summed E-state index contributed by atoms with van der Waals surface area (Å²) >= 11 is 0. The number of sulfonamides is 2. The molecule has 0 spiro atoms. The van der Waals surface area contributed by atoms with E-state index in [9.17, 15) is 34.8 Å². The highest BCUT2D eigenvalue weighted by Gasteiger charge is 2.55. The number of amides is 1. The van der Waals surface area contributed by atoms with Crippen LogP contribution in [0.15, 0.2) is 53.4 Å². The van der Waals surface area contributed by atoms with Gasteiger partial charge in [-0.2, -0.15) is 32.4 Å². The van der Waals surface area contributed by atoms with Crippen LogP contribution in [0.4, 0.5) is 30.8 Å². The third-order valence-electron chi connectivity index (χ3n) is 7.81. The number of aryl methyl sites for hydroxylation is 1. The summed E-state index contributed by atoms with van der Waals surface area (Å²) in [5, 5.41) is 2.84. The van der Waals surface area contributed by atoms with Crippen molar-refractivity contribution in [1.29, 1.82) is 0 Å². The molecule has 0 unspecified atom stereocenters. The molecule has 1 aliphatic heterocycles. The van der Waals surface area contributed by atoms with E-state index in [1.54, 1.807) is 49.0 Å². The van der Waals surface area contributed by atoms with E-state index < -0.39 is 49.5 Å². The molecule has 1 saturated heterocycles. The second kappa shape index (κ2) is 13.4. The van der Waals surface area contributed by atoms with Crippen LogP contribution in [0, 0.1) is 6.92 Å². The number of halogens is 3. The number of alkyl halides is 3. The molecule has 19 heteroatoms. The number of nitrogens with zero attached hydrogens (tertiary/aromatic N) is 6. The lowest BCUT2D eigenvalue weighted by Crippen LogP contribution is -2.49.